The Kier molecular flexibility index (Phi) is 4.23. The zero-order valence-electron chi connectivity index (χ0n) is 12.0. The Balaban J connectivity index is 2.10. The first-order chi connectivity index (χ1) is 8.61. The summed E-state index contributed by atoms with van der Waals surface area (Å²) in [6, 6.07) is 5.43. The fraction of sp³-hybridized carbons (Fsp3) is 0.667. The highest BCUT2D eigenvalue weighted by atomic mass is 15.2. The Labute approximate surface area is 111 Å². The zero-order chi connectivity index (χ0) is 13.1. The lowest BCUT2D eigenvalue weighted by atomic mass is 10.1. The summed E-state index contributed by atoms with van der Waals surface area (Å²) >= 11 is 0. The Hall–Kier alpha value is -1.09. The molecule has 1 unspecified atom stereocenters. The number of nitrogens with zero attached hydrogens (tertiary/aromatic N) is 2. The number of aromatic nitrogens is 1. The van der Waals surface area contributed by atoms with Gasteiger partial charge in [-0.05, 0) is 44.9 Å². The molecular formula is C15H25N3. The van der Waals surface area contributed by atoms with Crippen LogP contribution in [0.5, 0.6) is 0 Å². The highest BCUT2D eigenvalue weighted by Crippen LogP contribution is 2.32. The van der Waals surface area contributed by atoms with Crippen molar-refractivity contribution in [2.45, 2.75) is 45.7 Å². The highest BCUT2D eigenvalue weighted by Gasteiger charge is 2.29. The summed E-state index contributed by atoms with van der Waals surface area (Å²) in [5.74, 6) is 0.696. The maximum absolute atomic E-state index is 4.58. The largest absolute Gasteiger partial charge is 0.367 e. The summed E-state index contributed by atoms with van der Waals surface area (Å²) in [6.07, 6.45) is 4.70. The normalized spacial score (nSPS) is 16.9. The van der Waals surface area contributed by atoms with Gasteiger partial charge in [-0.1, -0.05) is 13.8 Å². The van der Waals surface area contributed by atoms with Gasteiger partial charge in [-0.15, -0.1) is 0 Å². The van der Waals surface area contributed by atoms with Gasteiger partial charge in [0, 0.05) is 18.6 Å². The third-order valence-corrected chi connectivity index (χ3v) is 3.53. The average Bonchev–Trinajstić information content (AvgIpc) is 3.19. The predicted octanol–water partition coefficient (Wildman–Crippen LogP) is 2.99. The van der Waals surface area contributed by atoms with Crippen LogP contribution in [0.2, 0.25) is 0 Å². The molecule has 1 atom stereocenters. The zero-order valence-corrected chi connectivity index (χ0v) is 12.0. The molecule has 0 spiro atoms. The van der Waals surface area contributed by atoms with Gasteiger partial charge in [0.1, 0.15) is 0 Å². The van der Waals surface area contributed by atoms with Crippen molar-refractivity contribution in [2.24, 2.45) is 5.92 Å². The Morgan fingerprint density at radius 1 is 1.33 bits per heavy atom. The van der Waals surface area contributed by atoms with Crippen molar-refractivity contribution in [1.82, 2.24) is 10.3 Å². The van der Waals surface area contributed by atoms with Gasteiger partial charge in [-0.2, -0.15) is 0 Å². The van der Waals surface area contributed by atoms with Crippen molar-refractivity contribution in [1.29, 1.82) is 0 Å². The van der Waals surface area contributed by atoms with E-state index in [2.05, 4.69) is 48.1 Å². The van der Waals surface area contributed by atoms with Crippen molar-refractivity contribution in [3.8, 4) is 0 Å². The standard InChI is InChI=1S/C15H25N3/c1-11(2)10-18(13-5-6-13)14-7-8-15(17-9-14)12(3)16-4/h7-9,11-13,16H,5-6,10H2,1-4H3. The van der Waals surface area contributed by atoms with Crippen LogP contribution in [-0.4, -0.2) is 24.6 Å². The molecule has 0 amide bonds. The Morgan fingerprint density at radius 2 is 2.06 bits per heavy atom. The second-order valence-electron chi connectivity index (χ2n) is 5.73. The van der Waals surface area contributed by atoms with Crippen LogP contribution in [0.25, 0.3) is 0 Å². The van der Waals surface area contributed by atoms with Gasteiger partial charge < -0.3 is 10.2 Å². The van der Waals surface area contributed by atoms with E-state index in [1.165, 1.54) is 18.5 Å². The molecule has 0 saturated heterocycles. The van der Waals surface area contributed by atoms with E-state index < -0.39 is 0 Å². The molecule has 2 rings (SSSR count). The minimum atomic E-state index is 0.318. The van der Waals surface area contributed by atoms with Crippen LogP contribution < -0.4 is 10.2 Å². The smallest absolute Gasteiger partial charge is 0.0571 e. The van der Waals surface area contributed by atoms with Crippen LogP contribution in [0, 0.1) is 5.92 Å². The molecule has 3 nitrogen and oxygen atoms in total. The van der Waals surface area contributed by atoms with Crippen LogP contribution >= 0.6 is 0 Å². The van der Waals surface area contributed by atoms with Gasteiger partial charge in [0.25, 0.3) is 0 Å². The van der Waals surface area contributed by atoms with E-state index in [9.17, 15) is 0 Å². The molecule has 100 valence electrons. The molecule has 0 bridgehead atoms. The molecule has 0 aromatic carbocycles. The third kappa shape index (κ3) is 3.22. The number of rotatable bonds is 6. The Morgan fingerprint density at radius 3 is 2.50 bits per heavy atom. The first-order valence-electron chi connectivity index (χ1n) is 7.01. The molecule has 3 heteroatoms. The highest BCUT2D eigenvalue weighted by molar-refractivity contribution is 5.47. The average molecular weight is 247 g/mol. The van der Waals surface area contributed by atoms with E-state index in [0.29, 0.717) is 12.0 Å². The van der Waals surface area contributed by atoms with Crippen LogP contribution in [0.15, 0.2) is 18.3 Å². The predicted molar refractivity (Wildman–Crippen MR) is 76.9 cm³/mol. The van der Waals surface area contributed by atoms with E-state index in [1.54, 1.807) is 0 Å². The van der Waals surface area contributed by atoms with Gasteiger partial charge in [-0.25, -0.2) is 0 Å². The second kappa shape index (κ2) is 5.70. The molecule has 1 N–H and O–H groups in total. The SMILES string of the molecule is CNC(C)c1ccc(N(CC(C)C)C2CC2)cn1. The molecule has 1 fully saturated rings. The maximum Gasteiger partial charge on any atom is 0.0571 e. The number of hydrogen-bond donors (Lipinski definition) is 1. The monoisotopic (exact) mass is 247 g/mol. The molecule has 0 radical (unpaired) electrons. The van der Waals surface area contributed by atoms with Crippen molar-refractivity contribution in [3.05, 3.63) is 24.0 Å². The lowest BCUT2D eigenvalue weighted by molar-refractivity contribution is 0.604. The lowest BCUT2D eigenvalue weighted by Crippen LogP contribution is -2.30. The summed E-state index contributed by atoms with van der Waals surface area (Å²) in [7, 11) is 1.97. The van der Waals surface area contributed by atoms with Crippen LogP contribution in [0.3, 0.4) is 0 Å². The van der Waals surface area contributed by atoms with Gasteiger partial charge in [-0.3, -0.25) is 4.98 Å². The van der Waals surface area contributed by atoms with Gasteiger partial charge in [0.2, 0.25) is 0 Å². The lowest BCUT2D eigenvalue weighted by Gasteiger charge is -2.26. The molecule has 1 aromatic rings. The fourth-order valence-corrected chi connectivity index (χ4v) is 2.22. The van der Waals surface area contributed by atoms with Gasteiger partial charge >= 0.3 is 0 Å². The van der Waals surface area contributed by atoms with Crippen molar-refractivity contribution in [2.75, 3.05) is 18.5 Å². The number of nitrogens with one attached hydrogen (secondary N) is 1. The van der Waals surface area contributed by atoms with Crippen LogP contribution in [-0.2, 0) is 0 Å². The van der Waals surface area contributed by atoms with E-state index >= 15 is 0 Å². The molecule has 1 aromatic heterocycles. The summed E-state index contributed by atoms with van der Waals surface area (Å²) in [5, 5.41) is 3.22. The first-order valence-corrected chi connectivity index (χ1v) is 7.01. The summed E-state index contributed by atoms with van der Waals surface area (Å²) < 4.78 is 0. The van der Waals surface area contributed by atoms with Gasteiger partial charge in [0.15, 0.2) is 0 Å². The molecule has 1 heterocycles. The van der Waals surface area contributed by atoms with Crippen LogP contribution in [0.1, 0.15) is 45.3 Å². The van der Waals surface area contributed by atoms with E-state index in [1.807, 2.05) is 13.2 Å². The van der Waals surface area contributed by atoms with Gasteiger partial charge in [0.05, 0.1) is 17.6 Å². The molecule has 18 heavy (non-hydrogen) atoms. The minimum absolute atomic E-state index is 0.318. The quantitative estimate of drug-likeness (QED) is 0.837. The summed E-state index contributed by atoms with van der Waals surface area (Å²) in [4.78, 5) is 7.10. The van der Waals surface area contributed by atoms with E-state index in [-0.39, 0.29) is 0 Å². The Bertz CT molecular complexity index is 368. The molecule has 0 aliphatic heterocycles. The van der Waals surface area contributed by atoms with Crippen molar-refractivity contribution in [3.63, 3.8) is 0 Å². The summed E-state index contributed by atoms with van der Waals surface area (Å²) in [6.45, 7) is 7.82. The summed E-state index contributed by atoms with van der Waals surface area (Å²) in [5.41, 5.74) is 2.39. The minimum Gasteiger partial charge on any atom is -0.367 e. The van der Waals surface area contributed by atoms with Crippen LogP contribution in [0.4, 0.5) is 5.69 Å². The molecule has 1 aliphatic carbocycles. The number of hydrogen-bond acceptors (Lipinski definition) is 3. The van der Waals surface area contributed by atoms with Crippen molar-refractivity contribution < 1.29 is 0 Å². The second-order valence-corrected chi connectivity index (χ2v) is 5.73. The number of anilines is 1. The molecule has 1 saturated carbocycles. The molecule has 1 aliphatic rings. The molecular weight excluding hydrogens is 222 g/mol. The van der Waals surface area contributed by atoms with Crippen molar-refractivity contribution >= 4 is 5.69 Å². The fourth-order valence-electron chi connectivity index (χ4n) is 2.22. The topological polar surface area (TPSA) is 28.2 Å². The van der Waals surface area contributed by atoms with E-state index in [4.69, 9.17) is 0 Å². The van der Waals surface area contributed by atoms with E-state index in [0.717, 1.165) is 18.3 Å². The maximum atomic E-state index is 4.58. The first kappa shape index (κ1) is 13.3. The third-order valence-electron chi connectivity index (χ3n) is 3.53. The number of pyridine rings is 1.